The van der Waals surface area contributed by atoms with E-state index in [0.717, 1.165) is 19.5 Å². The monoisotopic (exact) mass is 245 g/mol. The molecule has 0 atom stereocenters. The average molecular weight is 245 g/mol. The molecule has 1 aromatic rings. The quantitative estimate of drug-likeness (QED) is 0.786. The summed E-state index contributed by atoms with van der Waals surface area (Å²) in [5.74, 6) is 0.711. The molecule has 18 heavy (non-hydrogen) atoms. The van der Waals surface area contributed by atoms with E-state index in [1.807, 2.05) is 0 Å². The molecule has 1 heteroatoms. The summed E-state index contributed by atoms with van der Waals surface area (Å²) in [5, 5.41) is 3.53. The standard InChI is InChI=1S/C17H27N/c1-6-16(12-18-11-13(2)3)10-17-14(4)8-7-9-15(17)5/h7-10,13,18H,6,11-12H2,1-5H3/b16-10-. The van der Waals surface area contributed by atoms with E-state index in [-0.39, 0.29) is 0 Å². The van der Waals surface area contributed by atoms with Crippen LogP contribution in [0.15, 0.2) is 23.8 Å². The van der Waals surface area contributed by atoms with Crippen LogP contribution in [0.5, 0.6) is 0 Å². The Balaban J connectivity index is 2.77. The second-order valence-corrected chi connectivity index (χ2v) is 5.49. The Morgan fingerprint density at radius 2 is 1.83 bits per heavy atom. The minimum Gasteiger partial charge on any atom is -0.313 e. The molecule has 0 spiro atoms. The lowest BCUT2D eigenvalue weighted by atomic mass is 9.99. The fraction of sp³-hybridized carbons (Fsp3) is 0.529. The summed E-state index contributed by atoms with van der Waals surface area (Å²) in [6.07, 6.45) is 3.47. The molecule has 0 heterocycles. The highest BCUT2D eigenvalue weighted by Gasteiger charge is 2.02. The zero-order valence-corrected chi connectivity index (χ0v) is 12.5. The van der Waals surface area contributed by atoms with E-state index in [0.29, 0.717) is 5.92 Å². The van der Waals surface area contributed by atoms with Crippen molar-refractivity contribution in [1.29, 1.82) is 0 Å². The van der Waals surface area contributed by atoms with Crippen molar-refractivity contribution in [3.63, 3.8) is 0 Å². The maximum Gasteiger partial charge on any atom is 0.0167 e. The third kappa shape index (κ3) is 4.66. The molecular weight excluding hydrogens is 218 g/mol. The van der Waals surface area contributed by atoms with E-state index in [9.17, 15) is 0 Å². The number of aryl methyl sites for hydroxylation is 2. The molecule has 0 aliphatic rings. The molecule has 0 aromatic heterocycles. The zero-order valence-electron chi connectivity index (χ0n) is 12.5. The first-order valence-corrected chi connectivity index (χ1v) is 7.01. The summed E-state index contributed by atoms with van der Waals surface area (Å²) in [7, 11) is 0. The van der Waals surface area contributed by atoms with Crippen LogP contribution in [0.2, 0.25) is 0 Å². The summed E-state index contributed by atoms with van der Waals surface area (Å²) >= 11 is 0. The number of rotatable bonds is 6. The van der Waals surface area contributed by atoms with E-state index in [2.05, 4.69) is 64.2 Å². The molecule has 1 aromatic carbocycles. The Morgan fingerprint density at radius 3 is 2.33 bits per heavy atom. The van der Waals surface area contributed by atoms with E-state index >= 15 is 0 Å². The Morgan fingerprint density at radius 1 is 1.22 bits per heavy atom. The van der Waals surface area contributed by atoms with Gasteiger partial charge in [-0.1, -0.05) is 50.6 Å². The first-order valence-electron chi connectivity index (χ1n) is 7.01. The topological polar surface area (TPSA) is 12.0 Å². The van der Waals surface area contributed by atoms with Gasteiger partial charge in [-0.2, -0.15) is 0 Å². The van der Waals surface area contributed by atoms with Gasteiger partial charge in [0.25, 0.3) is 0 Å². The fourth-order valence-corrected chi connectivity index (χ4v) is 2.06. The maximum atomic E-state index is 3.53. The molecule has 0 saturated heterocycles. The maximum absolute atomic E-state index is 3.53. The minimum atomic E-state index is 0.711. The zero-order chi connectivity index (χ0) is 13.5. The van der Waals surface area contributed by atoms with Crippen LogP contribution >= 0.6 is 0 Å². The summed E-state index contributed by atoms with van der Waals surface area (Å²) in [6, 6.07) is 6.51. The first kappa shape index (κ1) is 15.0. The van der Waals surface area contributed by atoms with Crippen LogP contribution in [-0.2, 0) is 0 Å². The predicted molar refractivity (Wildman–Crippen MR) is 81.9 cm³/mol. The fourth-order valence-electron chi connectivity index (χ4n) is 2.06. The van der Waals surface area contributed by atoms with Crippen molar-refractivity contribution >= 4 is 6.08 Å². The van der Waals surface area contributed by atoms with Gasteiger partial charge in [0, 0.05) is 6.54 Å². The van der Waals surface area contributed by atoms with Crippen molar-refractivity contribution in [2.45, 2.75) is 41.0 Å². The predicted octanol–water partition coefficient (Wildman–Crippen LogP) is 4.34. The second kappa shape index (κ2) is 7.38. The van der Waals surface area contributed by atoms with Gasteiger partial charge in [-0.15, -0.1) is 0 Å². The molecule has 1 N–H and O–H groups in total. The van der Waals surface area contributed by atoms with Crippen LogP contribution in [0.3, 0.4) is 0 Å². The summed E-state index contributed by atoms with van der Waals surface area (Å²) in [4.78, 5) is 0. The van der Waals surface area contributed by atoms with Gasteiger partial charge in [0.2, 0.25) is 0 Å². The lowest BCUT2D eigenvalue weighted by molar-refractivity contribution is 0.569. The SMILES string of the molecule is CC/C(=C/c1c(C)cccc1C)CNCC(C)C. The minimum absolute atomic E-state index is 0.711. The van der Waals surface area contributed by atoms with Gasteiger partial charge in [-0.3, -0.25) is 0 Å². The third-order valence-corrected chi connectivity index (χ3v) is 3.25. The molecule has 1 rings (SSSR count). The average Bonchev–Trinajstić information content (AvgIpc) is 2.31. The summed E-state index contributed by atoms with van der Waals surface area (Å²) in [5.41, 5.74) is 5.60. The van der Waals surface area contributed by atoms with Gasteiger partial charge in [0.15, 0.2) is 0 Å². The van der Waals surface area contributed by atoms with Gasteiger partial charge in [0.05, 0.1) is 0 Å². The Labute approximate surface area is 112 Å². The highest BCUT2D eigenvalue weighted by Crippen LogP contribution is 2.18. The van der Waals surface area contributed by atoms with E-state index in [4.69, 9.17) is 0 Å². The molecule has 0 aliphatic carbocycles. The molecule has 0 fully saturated rings. The van der Waals surface area contributed by atoms with Crippen molar-refractivity contribution in [2.75, 3.05) is 13.1 Å². The van der Waals surface area contributed by atoms with Crippen molar-refractivity contribution in [1.82, 2.24) is 5.32 Å². The Hall–Kier alpha value is -1.08. The number of benzene rings is 1. The summed E-state index contributed by atoms with van der Waals surface area (Å²) < 4.78 is 0. The van der Waals surface area contributed by atoms with Crippen LogP contribution in [-0.4, -0.2) is 13.1 Å². The molecule has 0 aliphatic heterocycles. The van der Waals surface area contributed by atoms with Crippen LogP contribution in [0.25, 0.3) is 6.08 Å². The number of hydrogen-bond donors (Lipinski definition) is 1. The summed E-state index contributed by atoms with van der Waals surface area (Å²) in [6.45, 7) is 13.2. The van der Waals surface area contributed by atoms with Crippen LogP contribution in [0.1, 0.15) is 43.9 Å². The smallest absolute Gasteiger partial charge is 0.0167 e. The van der Waals surface area contributed by atoms with Crippen molar-refractivity contribution in [2.24, 2.45) is 5.92 Å². The molecule has 1 nitrogen and oxygen atoms in total. The van der Waals surface area contributed by atoms with Gasteiger partial charge in [-0.05, 0) is 49.4 Å². The first-order chi connectivity index (χ1) is 8.54. The van der Waals surface area contributed by atoms with Gasteiger partial charge in [0.1, 0.15) is 0 Å². The lowest BCUT2D eigenvalue weighted by Gasteiger charge is -2.11. The molecular formula is C17H27N. The van der Waals surface area contributed by atoms with Gasteiger partial charge >= 0.3 is 0 Å². The number of nitrogens with one attached hydrogen (secondary N) is 1. The van der Waals surface area contributed by atoms with Crippen LogP contribution in [0, 0.1) is 19.8 Å². The highest BCUT2D eigenvalue weighted by molar-refractivity contribution is 5.60. The van der Waals surface area contributed by atoms with Crippen molar-refractivity contribution in [3.05, 3.63) is 40.5 Å². The molecule has 0 saturated carbocycles. The lowest BCUT2D eigenvalue weighted by Crippen LogP contribution is -2.21. The molecule has 100 valence electrons. The van der Waals surface area contributed by atoms with Crippen LogP contribution < -0.4 is 5.32 Å². The molecule has 0 radical (unpaired) electrons. The van der Waals surface area contributed by atoms with Gasteiger partial charge < -0.3 is 5.32 Å². The van der Waals surface area contributed by atoms with Crippen molar-refractivity contribution < 1.29 is 0 Å². The van der Waals surface area contributed by atoms with E-state index in [1.165, 1.54) is 22.3 Å². The van der Waals surface area contributed by atoms with Crippen molar-refractivity contribution in [3.8, 4) is 0 Å². The Bertz CT molecular complexity index is 382. The van der Waals surface area contributed by atoms with E-state index in [1.54, 1.807) is 0 Å². The van der Waals surface area contributed by atoms with Crippen LogP contribution in [0.4, 0.5) is 0 Å². The largest absolute Gasteiger partial charge is 0.313 e. The third-order valence-electron chi connectivity index (χ3n) is 3.25. The normalized spacial score (nSPS) is 12.2. The van der Waals surface area contributed by atoms with E-state index < -0.39 is 0 Å². The molecule has 0 bridgehead atoms. The highest BCUT2D eigenvalue weighted by atomic mass is 14.9. The second-order valence-electron chi connectivity index (χ2n) is 5.49. The number of hydrogen-bond acceptors (Lipinski definition) is 1. The molecule has 0 unspecified atom stereocenters. The Kier molecular flexibility index (Phi) is 6.14. The van der Waals surface area contributed by atoms with Gasteiger partial charge in [-0.25, -0.2) is 0 Å². The molecule has 0 amide bonds.